The van der Waals surface area contributed by atoms with Gasteiger partial charge in [-0.2, -0.15) is 0 Å². The third kappa shape index (κ3) is 11.2. The van der Waals surface area contributed by atoms with Crippen molar-refractivity contribution in [2.45, 2.75) is 0 Å². The summed E-state index contributed by atoms with van der Waals surface area (Å²) in [5.41, 5.74) is 0. The Balaban J connectivity index is 0. The second kappa shape index (κ2) is 8.93. The fourth-order valence-corrected chi connectivity index (χ4v) is 0. The van der Waals surface area contributed by atoms with E-state index in [1.54, 1.807) is 0 Å². The summed E-state index contributed by atoms with van der Waals surface area (Å²) in [7, 11) is 0. The molecule has 0 rings (SSSR count). The average molecular weight is 90.1 g/mol. The van der Waals surface area contributed by atoms with Crippen LogP contribution in [0.3, 0.4) is 0 Å². The van der Waals surface area contributed by atoms with Gasteiger partial charge in [0.15, 0.2) is 0 Å². The number of rotatable bonds is 0. The molecule has 4 heteroatoms. The SMILES string of the molecule is O=[SH]O.[NaH]. The van der Waals surface area contributed by atoms with E-state index >= 15 is 0 Å². The van der Waals surface area contributed by atoms with E-state index in [1.807, 2.05) is 0 Å². The normalized spacial score (nSPS) is 4.25. The zero-order valence-electron chi connectivity index (χ0n) is 1.30. The van der Waals surface area contributed by atoms with E-state index in [4.69, 9.17) is 8.76 Å². The summed E-state index contributed by atoms with van der Waals surface area (Å²) in [5.74, 6) is 0. The van der Waals surface area contributed by atoms with E-state index in [0.717, 1.165) is 0 Å². The van der Waals surface area contributed by atoms with E-state index in [9.17, 15) is 0 Å². The number of thiol groups is 1. The summed E-state index contributed by atoms with van der Waals surface area (Å²) in [6.45, 7) is 0. The molecule has 0 heterocycles. The van der Waals surface area contributed by atoms with Crippen LogP contribution in [-0.2, 0) is 11.9 Å². The monoisotopic (exact) mass is 90.0 g/mol. The zero-order chi connectivity index (χ0) is 2.71. The van der Waals surface area contributed by atoms with Crippen molar-refractivity contribution in [2.24, 2.45) is 0 Å². The first-order valence-corrected chi connectivity index (χ1v) is 1.15. The number of hydrogen-bond donors (Lipinski definition) is 2. The molecule has 0 unspecified atom stereocenters. The fourth-order valence-electron chi connectivity index (χ4n) is 0. The van der Waals surface area contributed by atoms with Crippen LogP contribution in [0.15, 0.2) is 0 Å². The summed E-state index contributed by atoms with van der Waals surface area (Å²) in [5, 5.41) is 0. The van der Waals surface area contributed by atoms with Gasteiger partial charge in [-0.25, -0.2) is 4.21 Å². The quantitative estimate of drug-likeness (QED) is 0.222. The van der Waals surface area contributed by atoms with Crippen LogP contribution in [0.4, 0.5) is 0 Å². The Morgan fingerprint density at radius 1 is 1.75 bits per heavy atom. The molecule has 0 spiro atoms. The fraction of sp³-hybridized carbons (Fsp3) is 0. The van der Waals surface area contributed by atoms with Crippen LogP contribution >= 0.6 is 0 Å². The van der Waals surface area contributed by atoms with Crippen molar-refractivity contribution in [3.63, 3.8) is 0 Å². The van der Waals surface area contributed by atoms with E-state index in [0.29, 0.717) is 0 Å². The Morgan fingerprint density at radius 3 is 1.75 bits per heavy atom. The molecule has 1 N–H and O–H groups in total. The first-order chi connectivity index (χ1) is 1.41. The Hall–Kier alpha value is 1.11. The van der Waals surface area contributed by atoms with Crippen molar-refractivity contribution in [1.82, 2.24) is 0 Å². The van der Waals surface area contributed by atoms with Crippen molar-refractivity contribution < 1.29 is 8.76 Å². The molecule has 0 radical (unpaired) electrons. The second-order valence-corrected chi connectivity index (χ2v) is 0.245. The molecule has 2 nitrogen and oxygen atoms in total. The molecule has 0 amide bonds. The number of hydrogen-bond acceptors (Lipinski definition) is 1. The second-order valence-electron chi connectivity index (χ2n) is 0.0816. The molecule has 0 fully saturated rings. The Bertz CT molecular complexity index is 13.5. The van der Waals surface area contributed by atoms with E-state index < -0.39 is 11.9 Å². The molecule has 0 aliphatic rings. The molecule has 0 atom stereocenters. The van der Waals surface area contributed by atoms with Gasteiger partial charge in [-0.1, -0.05) is 0 Å². The van der Waals surface area contributed by atoms with E-state index in [2.05, 4.69) is 0 Å². The Kier molecular flexibility index (Phi) is 19.9. The summed E-state index contributed by atoms with van der Waals surface area (Å²) in [4.78, 5) is 0. The van der Waals surface area contributed by atoms with Crippen molar-refractivity contribution in [3.05, 3.63) is 0 Å². The van der Waals surface area contributed by atoms with Gasteiger partial charge < -0.3 is 4.55 Å². The van der Waals surface area contributed by atoms with Gasteiger partial charge in [-0.15, -0.1) is 0 Å². The Labute approximate surface area is 50.2 Å². The third-order valence-corrected chi connectivity index (χ3v) is 0. The maximum absolute atomic E-state index is 8.46. The molecule has 4 heavy (non-hydrogen) atoms. The third-order valence-electron chi connectivity index (χ3n) is 0. The molecule has 0 aromatic heterocycles. The summed E-state index contributed by atoms with van der Waals surface area (Å²) in [6, 6.07) is 0. The van der Waals surface area contributed by atoms with Gasteiger partial charge >= 0.3 is 29.6 Å². The minimum atomic E-state index is -0.833. The van der Waals surface area contributed by atoms with Gasteiger partial charge in [0.25, 0.3) is 0 Å². The van der Waals surface area contributed by atoms with Crippen molar-refractivity contribution in [2.75, 3.05) is 0 Å². The zero-order valence-corrected chi connectivity index (χ0v) is 2.20. The average Bonchev–Trinajstić information content (AvgIpc) is 0.918. The molecular formula is H3NaO2S. The van der Waals surface area contributed by atoms with Crippen LogP contribution in [0.5, 0.6) is 0 Å². The van der Waals surface area contributed by atoms with Crippen LogP contribution < -0.4 is 0 Å². The van der Waals surface area contributed by atoms with Crippen molar-refractivity contribution >= 4 is 41.5 Å². The van der Waals surface area contributed by atoms with Gasteiger partial charge in [-0.05, 0) is 0 Å². The molecular weight excluding hydrogens is 87.1 g/mol. The van der Waals surface area contributed by atoms with Crippen LogP contribution in [0.25, 0.3) is 0 Å². The molecule has 0 aromatic carbocycles. The van der Waals surface area contributed by atoms with Crippen molar-refractivity contribution in [1.29, 1.82) is 0 Å². The summed E-state index contributed by atoms with van der Waals surface area (Å²) < 4.78 is 15.4. The minimum absolute atomic E-state index is 0. The Morgan fingerprint density at radius 2 is 1.75 bits per heavy atom. The molecule has 0 aromatic rings. The van der Waals surface area contributed by atoms with Gasteiger partial charge in [0.1, 0.15) is 11.9 Å². The van der Waals surface area contributed by atoms with Crippen LogP contribution in [-0.4, -0.2) is 38.3 Å². The topological polar surface area (TPSA) is 37.3 Å². The predicted molar refractivity (Wildman–Crippen MR) is 19.3 cm³/mol. The van der Waals surface area contributed by atoms with Gasteiger partial charge in [0, 0.05) is 0 Å². The summed E-state index contributed by atoms with van der Waals surface area (Å²) >= 11 is -0.833. The first-order valence-electron chi connectivity index (χ1n) is 0.383. The van der Waals surface area contributed by atoms with E-state index in [1.165, 1.54) is 0 Å². The van der Waals surface area contributed by atoms with E-state index in [-0.39, 0.29) is 29.6 Å². The molecule has 0 aliphatic heterocycles. The van der Waals surface area contributed by atoms with Gasteiger partial charge in [-0.3, -0.25) is 0 Å². The standard InChI is InChI=1S/Na.H2O2S.H/c;1-3-2;/h;3H,(H,1,2);. The molecule has 22 valence electrons. The van der Waals surface area contributed by atoms with Crippen LogP contribution in [0.2, 0.25) is 0 Å². The molecule has 0 saturated carbocycles. The molecule has 0 saturated heterocycles. The van der Waals surface area contributed by atoms with Crippen molar-refractivity contribution in [3.8, 4) is 0 Å². The summed E-state index contributed by atoms with van der Waals surface area (Å²) in [6.07, 6.45) is 0. The van der Waals surface area contributed by atoms with Gasteiger partial charge in [0.05, 0.1) is 0 Å². The van der Waals surface area contributed by atoms with Crippen LogP contribution in [0, 0.1) is 0 Å². The predicted octanol–water partition coefficient (Wildman–Crippen LogP) is -1.24. The molecule has 0 bridgehead atoms. The van der Waals surface area contributed by atoms with Crippen LogP contribution in [0.1, 0.15) is 0 Å². The van der Waals surface area contributed by atoms with Gasteiger partial charge in [0.2, 0.25) is 0 Å². The molecule has 0 aliphatic carbocycles. The maximum atomic E-state index is 8.46. The first kappa shape index (κ1) is 8.92.